The number of para-hydroxylation sites is 2. The first-order valence-corrected chi connectivity index (χ1v) is 9.06. The van der Waals surface area contributed by atoms with Gasteiger partial charge in [0, 0.05) is 17.3 Å². The minimum Gasteiger partial charge on any atom is -0.337 e. The van der Waals surface area contributed by atoms with Crippen LogP contribution in [0.25, 0.3) is 39.3 Å². The monoisotopic (exact) mass is 360 g/mol. The smallest absolute Gasteiger partial charge is 0.149 e. The van der Waals surface area contributed by atoms with Crippen molar-refractivity contribution in [2.24, 2.45) is 0 Å². The van der Waals surface area contributed by atoms with E-state index < -0.39 is 0 Å². The fourth-order valence-electron chi connectivity index (χ4n) is 3.51. The average Bonchev–Trinajstić information content (AvgIpc) is 3.34. The van der Waals surface area contributed by atoms with Crippen LogP contribution >= 0.6 is 0 Å². The van der Waals surface area contributed by atoms with E-state index in [0.717, 1.165) is 33.4 Å². The number of hydrogen-bond acceptors (Lipinski definition) is 2. The summed E-state index contributed by atoms with van der Waals surface area (Å²) in [4.78, 5) is 7.85. The molecule has 0 saturated carbocycles. The first-order chi connectivity index (χ1) is 13.8. The van der Waals surface area contributed by atoms with Crippen molar-refractivity contribution in [2.75, 3.05) is 0 Å². The number of H-pyrrole nitrogens is 1. The highest BCUT2D eigenvalue weighted by molar-refractivity contribution is 5.94. The molecule has 0 saturated heterocycles. The molecule has 0 unspecified atom stereocenters. The normalized spacial score (nSPS) is 11.8. The Labute approximate surface area is 162 Å². The predicted octanol–water partition coefficient (Wildman–Crippen LogP) is 5.55. The molecule has 28 heavy (non-hydrogen) atoms. The first-order valence-electron chi connectivity index (χ1n) is 9.06. The van der Waals surface area contributed by atoms with Crippen LogP contribution in [0.5, 0.6) is 0 Å². The van der Waals surface area contributed by atoms with Crippen molar-refractivity contribution in [1.82, 2.24) is 14.4 Å². The molecule has 0 atom stereocenters. The molecular formula is C24H16N4. The molecule has 2 aromatic carbocycles. The molecule has 0 aliphatic carbocycles. The number of aromatic nitrogens is 3. The van der Waals surface area contributed by atoms with E-state index in [2.05, 4.69) is 44.7 Å². The number of allylic oxidation sites excluding steroid dienone is 1. The van der Waals surface area contributed by atoms with Gasteiger partial charge in [0.2, 0.25) is 0 Å². The van der Waals surface area contributed by atoms with E-state index in [1.807, 2.05) is 66.9 Å². The number of aromatic amines is 1. The lowest BCUT2D eigenvalue weighted by Crippen LogP contribution is -1.91. The van der Waals surface area contributed by atoms with Gasteiger partial charge in [0.05, 0.1) is 22.3 Å². The Kier molecular flexibility index (Phi) is 3.78. The van der Waals surface area contributed by atoms with E-state index >= 15 is 0 Å². The summed E-state index contributed by atoms with van der Waals surface area (Å²) in [5, 5.41) is 9.85. The van der Waals surface area contributed by atoms with Crippen LogP contribution in [-0.2, 0) is 0 Å². The molecule has 0 radical (unpaired) electrons. The molecule has 0 spiro atoms. The van der Waals surface area contributed by atoms with E-state index in [4.69, 9.17) is 0 Å². The number of pyridine rings is 1. The van der Waals surface area contributed by atoms with Crippen molar-refractivity contribution in [3.8, 4) is 17.2 Å². The van der Waals surface area contributed by atoms with Gasteiger partial charge >= 0.3 is 0 Å². The van der Waals surface area contributed by atoms with Crippen LogP contribution in [0.15, 0.2) is 85.1 Å². The third-order valence-electron chi connectivity index (χ3n) is 4.85. The van der Waals surface area contributed by atoms with Gasteiger partial charge in [-0.15, -0.1) is 0 Å². The van der Waals surface area contributed by atoms with E-state index in [1.54, 1.807) is 0 Å². The minimum atomic E-state index is 0.497. The second kappa shape index (κ2) is 6.57. The average molecular weight is 360 g/mol. The van der Waals surface area contributed by atoms with Crippen LogP contribution in [0.4, 0.5) is 0 Å². The number of fused-ring (bicyclic) bond motifs is 2. The van der Waals surface area contributed by atoms with Crippen molar-refractivity contribution in [3.05, 3.63) is 96.6 Å². The van der Waals surface area contributed by atoms with Gasteiger partial charge in [-0.25, -0.2) is 4.98 Å². The summed E-state index contributed by atoms with van der Waals surface area (Å²) in [5.74, 6) is 0.577. The third kappa shape index (κ3) is 2.67. The molecule has 0 aliphatic heterocycles. The lowest BCUT2D eigenvalue weighted by Gasteiger charge is -2.04. The molecule has 4 nitrogen and oxygen atoms in total. The van der Waals surface area contributed by atoms with E-state index in [1.165, 1.54) is 0 Å². The summed E-state index contributed by atoms with van der Waals surface area (Å²) in [7, 11) is 0. The van der Waals surface area contributed by atoms with Gasteiger partial charge in [0.1, 0.15) is 11.9 Å². The van der Waals surface area contributed by atoms with Crippen LogP contribution in [0.1, 0.15) is 11.5 Å². The van der Waals surface area contributed by atoms with Crippen LogP contribution in [0, 0.1) is 11.3 Å². The number of nitrogens with one attached hydrogen (secondary N) is 1. The Bertz CT molecular complexity index is 1330. The Hall–Kier alpha value is -4.10. The fraction of sp³-hybridized carbons (Fsp3) is 0. The maximum Gasteiger partial charge on any atom is 0.149 e. The zero-order valence-corrected chi connectivity index (χ0v) is 15.0. The zero-order chi connectivity index (χ0) is 18.9. The van der Waals surface area contributed by atoms with E-state index in [0.29, 0.717) is 11.4 Å². The molecule has 132 valence electrons. The SMILES string of the molecule is N#CC(=Cc1c(-c2ccccc2)cc2ccccn12)c1nc2ccccc2[nH]1. The van der Waals surface area contributed by atoms with Crippen molar-refractivity contribution in [3.63, 3.8) is 0 Å². The number of hydrogen-bond donors (Lipinski definition) is 1. The van der Waals surface area contributed by atoms with Crippen LogP contribution < -0.4 is 0 Å². The van der Waals surface area contributed by atoms with Crippen molar-refractivity contribution in [2.45, 2.75) is 0 Å². The summed E-state index contributed by atoms with van der Waals surface area (Å²) in [6.45, 7) is 0. The maximum atomic E-state index is 9.85. The Morgan fingerprint density at radius 1 is 0.964 bits per heavy atom. The zero-order valence-electron chi connectivity index (χ0n) is 15.0. The molecular weight excluding hydrogens is 344 g/mol. The molecule has 0 amide bonds. The molecule has 1 N–H and O–H groups in total. The third-order valence-corrected chi connectivity index (χ3v) is 4.85. The van der Waals surface area contributed by atoms with Gasteiger partial charge in [0.15, 0.2) is 0 Å². The van der Waals surface area contributed by atoms with Crippen LogP contribution in [0.3, 0.4) is 0 Å². The van der Waals surface area contributed by atoms with Gasteiger partial charge in [-0.1, -0.05) is 48.5 Å². The van der Waals surface area contributed by atoms with Gasteiger partial charge in [-0.2, -0.15) is 5.26 Å². The summed E-state index contributed by atoms with van der Waals surface area (Å²) in [6.07, 6.45) is 3.92. The highest BCUT2D eigenvalue weighted by Crippen LogP contribution is 2.30. The highest BCUT2D eigenvalue weighted by Gasteiger charge is 2.13. The number of rotatable bonds is 3. The number of benzene rings is 2. The molecule has 0 bridgehead atoms. The predicted molar refractivity (Wildman–Crippen MR) is 112 cm³/mol. The van der Waals surface area contributed by atoms with E-state index in [9.17, 15) is 5.26 Å². The molecule has 3 heterocycles. The lowest BCUT2D eigenvalue weighted by atomic mass is 10.0. The molecule has 4 heteroatoms. The quantitative estimate of drug-likeness (QED) is 0.429. The topological polar surface area (TPSA) is 56.9 Å². The van der Waals surface area contributed by atoms with Gasteiger partial charge in [-0.3, -0.25) is 0 Å². The van der Waals surface area contributed by atoms with Crippen molar-refractivity contribution < 1.29 is 0 Å². The van der Waals surface area contributed by atoms with E-state index in [-0.39, 0.29) is 0 Å². The number of nitriles is 1. The van der Waals surface area contributed by atoms with Gasteiger partial charge in [0.25, 0.3) is 0 Å². The Morgan fingerprint density at radius 3 is 2.57 bits per heavy atom. The molecule has 0 aliphatic rings. The first kappa shape index (κ1) is 16.1. The molecule has 0 fully saturated rings. The highest BCUT2D eigenvalue weighted by atomic mass is 14.9. The van der Waals surface area contributed by atoms with Gasteiger partial charge < -0.3 is 9.38 Å². The van der Waals surface area contributed by atoms with Crippen LogP contribution in [-0.4, -0.2) is 14.4 Å². The standard InChI is InChI=1S/C24H16N4/c25-16-18(24-26-21-11-4-5-12-22(21)27-24)14-23-20(17-8-2-1-3-9-17)15-19-10-6-7-13-28(19)23/h1-15H,(H,26,27). The maximum absolute atomic E-state index is 9.85. The Balaban J connectivity index is 1.74. The molecule has 3 aromatic heterocycles. The van der Waals surface area contributed by atoms with Crippen molar-refractivity contribution >= 4 is 28.2 Å². The molecule has 5 aromatic rings. The second-order valence-electron chi connectivity index (χ2n) is 6.58. The number of imidazole rings is 1. The lowest BCUT2D eigenvalue weighted by molar-refractivity contribution is 1.18. The van der Waals surface area contributed by atoms with Crippen molar-refractivity contribution in [1.29, 1.82) is 5.26 Å². The minimum absolute atomic E-state index is 0.497. The fourth-order valence-corrected chi connectivity index (χ4v) is 3.51. The Morgan fingerprint density at radius 2 is 1.75 bits per heavy atom. The molecule has 5 rings (SSSR count). The second-order valence-corrected chi connectivity index (χ2v) is 6.58. The van der Waals surface area contributed by atoms with Gasteiger partial charge in [-0.05, 0) is 42.0 Å². The largest absolute Gasteiger partial charge is 0.337 e. The summed E-state index contributed by atoms with van der Waals surface area (Å²) in [5.41, 5.74) is 6.49. The summed E-state index contributed by atoms with van der Waals surface area (Å²) >= 11 is 0. The summed E-state index contributed by atoms with van der Waals surface area (Å²) in [6, 6.07) is 28.5. The van der Waals surface area contributed by atoms with Crippen LogP contribution in [0.2, 0.25) is 0 Å². The summed E-state index contributed by atoms with van der Waals surface area (Å²) < 4.78 is 2.10. The number of nitrogens with zero attached hydrogens (tertiary/aromatic N) is 3.